The number of fused-ring (bicyclic) bond motifs is 1. The minimum atomic E-state index is 0.599. The van der Waals surface area contributed by atoms with Crippen LogP contribution in [-0.2, 0) is 0 Å². The summed E-state index contributed by atoms with van der Waals surface area (Å²) in [5.74, 6) is 2.23. The third-order valence-corrected chi connectivity index (χ3v) is 3.91. The molecule has 104 valence electrons. The van der Waals surface area contributed by atoms with Gasteiger partial charge in [-0.1, -0.05) is 24.3 Å². The molecule has 0 atom stereocenters. The number of aromatic nitrogens is 3. The van der Waals surface area contributed by atoms with Gasteiger partial charge in [0.25, 0.3) is 0 Å². The first kappa shape index (κ1) is 12.3. The van der Waals surface area contributed by atoms with Crippen LogP contribution in [0.25, 0.3) is 22.2 Å². The lowest BCUT2D eigenvalue weighted by molar-refractivity contribution is 0.994. The molecule has 4 rings (SSSR count). The standard InChI is InChI=1S/C17H16N4/c1-18-16-8-15(11-6-7-11)20-17(21-16)14-10-19-9-12-4-2-3-5-13(12)14/h2-5,8-11H,6-7H2,1H3,(H,18,20,21). The third-order valence-electron chi connectivity index (χ3n) is 3.91. The molecule has 4 nitrogen and oxygen atoms in total. The Kier molecular flexibility index (Phi) is 2.81. The molecule has 1 aliphatic rings. The summed E-state index contributed by atoms with van der Waals surface area (Å²) in [6, 6.07) is 10.3. The Labute approximate surface area is 123 Å². The molecule has 21 heavy (non-hydrogen) atoms. The van der Waals surface area contributed by atoms with Gasteiger partial charge in [-0.05, 0) is 18.2 Å². The van der Waals surface area contributed by atoms with E-state index >= 15 is 0 Å². The smallest absolute Gasteiger partial charge is 0.163 e. The van der Waals surface area contributed by atoms with E-state index in [0.29, 0.717) is 5.92 Å². The van der Waals surface area contributed by atoms with Gasteiger partial charge in [0.1, 0.15) is 5.82 Å². The summed E-state index contributed by atoms with van der Waals surface area (Å²) in [6.07, 6.45) is 6.19. The molecule has 0 amide bonds. The summed E-state index contributed by atoms with van der Waals surface area (Å²) in [5, 5.41) is 5.39. The fraction of sp³-hybridized carbons (Fsp3) is 0.235. The van der Waals surface area contributed by atoms with Crippen molar-refractivity contribution in [1.29, 1.82) is 0 Å². The normalized spacial score (nSPS) is 14.3. The third kappa shape index (κ3) is 2.23. The van der Waals surface area contributed by atoms with Crippen molar-refractivity contribution in [1.82, 2.24) is 15.0 Å². The molecular weight excluding hydrogens is 260 g/mol. The van der Waals surface area contributed by atoms with E-state index in [4.69, 9.17) is 4.98 Å². The van der Waals surface area contributed by atoms with Crippen molar-refractivity contribution in [3.63, 3.8) is 0 Å². The maximum absolute atomic E-state index is 4.77. The average Bonchev–Trinajstić information content (AvgIpc) is 3.39. The number of hydrogen-bond acceptors (Lipinski definition) is 4. The molecule has 2 heterocycles. The van der Waals surface area contributed by atoms with Gasteiger partial charge in [0.2, 0.25) is 0 Å². The van der Waals surface area contributed by atoms with Crippen LogP contribution < -0.4 is 5.32 Å². The van der Waals surface area contributed by atoms with Gasteiger partial charge in [-0.2, -0.15) is 0 Å². The maximum Gasteiger partial charge on any atom is 0.163 e. The number of benzene rings is 1. The maximum atomic E-state index is 4.77. The molecule has 4 heteroatoms. The highest BCUT2D eigenvalue weighted by molar-refractivity contribution is 5.94. The summed E-state index contributed by atoms with van der Waals surface area (Å²) in [5.41, 5.74) is 2.13. The molecule has 0 radical (unpaired) electrons. The highest BCUT2D eigenvalue weighted by atomic mass is 15.0. The van der Waals surface area contributed by atoms with Gasteiger partial charge in [0.15, 0.2) is 5.82 Å². The lowest BCUT2D eigenvalue weighted by Gasteiger charge is -2.09. The first-order valence-electron chi connectivity index (χ1n) is 7.25. The predicted octanol–water partition coefficient (Wildman–Crippen LogP) is 3.61. The van der Waals surface area contributed by atoms with Crippen molar-refractivity contribution in [3.8, 4) is 11.4 Å². The Morgan fingerprint density at radius 3 is 2.76 bits per heavy atom. The molecule has 2 aromatic heterocycles. The van der Waals surface area contributed by atoms with Crippen LogP contribution in [0.3, 0.4) is 0 Å². The molecular formula is C17H16N4. The van der Waals surface area contributed by atoms with Crippen LogP contribution >= 0.6 is 0 Å². The van der Waals surface area contributed by atoms with Gasteiger partial charge < -0.3 is 5.32 Å². The molecule has 1 N–H and O–H groups in total. The molecule has 1 aromatic carbocycles. The number of anilines is 1. The summed E-state index contributed by atoms with van der Waals surface area (Å²) in [7, 11) is 1.89. The minimum absolute atomic E-state index is 0.599. The second-order valence-electron chi connectivity index (χ2n) is 5.43. The van der Waals surface area contributed by atoms with Crippen molar-refractivity contribution in [3.05, 3.63) is 48.4 Å². The van der Waals surface area contributed by atoms with Crippen molar-refractivity contribution in [2.75, 3.05) is 12.4 Å². The summed E-state index contributed by atoms with van der Waals surface area (Å²) < 4.78 is 0. The Morgan fingerprint density at radius 1 is 1.10 bits per heavy atom. The van der Waals surface area contributed by atoms with Crippen LogP contribution in [0.1, 0.15) is 24.5 Å². The fourth-order valence-corrected chi connectivity index (χ4v) is 2.60. The van der Waals surface area contributed by atoms with E-state index in [1.54, 1.807) is 0 Å². The van der Waals surface area contributed by atoms with Crippen molar-refractivity contribution in [2.45, 2.75) is 18.8 Å². The van der Waals surface area contributed by atoms with Gasteiger partial charge in [0.05, 0.1) is 0 Å². The van der Waals surface area contributed by atoms with E-state index in [9.17, 15) is 0 Å². The molecule has 0 saturated heterocycles. The van der Waals surface area contributed by atoms with Gasteiger partial charge in [-0.25, -0.2) is 9.97 Å². The fourth-order valence-electron chi connectivity index (χ4n) is 2.60. The molecule has 0 unspecified atom stereocenters. The monoisotopic (exact) mass is 276 g/mol. The van der Waals surface area contributed by atoms with Gasteiger partial charge >= 0.3 is 0 Å². The quantitative estimate of drug-likeness (QED) is 0.794. The summed E-state index contributed by atoms with van der Waals surface area (Å²) >= 11 is 0. The Morgan fingerprint density at radius 2 is 1.95 bits per heavy atom. The van der Waals surface area contributed by atoms with Crippen molar-refractivity contribution < 1.29 is 0 Å². The summed E-state index contributed by atoms with van der Waals surface area (Å²) in [6.45, 7) is 0. The number of rotatable bonds is 3. The van der Waals surface area contributed by atoms with E-state index < -0.39 is 0 Å². The first-order valence-corrected chi connectivity index (χ1v) is 7.25. The topological polar surface area (TPSA) is 50.7 Å². The molecule has 0 aliphatic heterocycles. The van der Waals surface area contributed by atoms with Gasteiger partial charge in [-0.3, -0.25) is 4.98 Å². The van der Waals surface area contributed by atoms with Crippen molar-refractivity contribution in [2.24, 2.45) is 0 Å². The predicted molar refractivity (Wildman–Crippen MR) is 84.3 cm³/mol. The molecule has 3 aromatic rings. The van der Waals surface area contributed by atoms with Crippen LogP contribution in [0.2, 0.25) is 0 Å². The van der Waals surface area contributed by atoms with Gasteiger partial charge in [0, 0.05) is 48.1 Å². The van der Waals surface area contributed by atoms with E-state index in [2.05, 4.69) is 33.5 Å². The van der Waals surface area contributed by atoms with Crippen LogP contribution in [0.15, 0.2) is 42.7 Å². The van der Waals surface area contributed by atoms with Gasteiger partial charge in [-0.15, -0.1) is 0 Å². The van der Waals surface area contributed by atoms with Crippen LogP contribution in [0, 0.1) is 0 Å². The number of pyridine rings is 1. The second kappa shape index (κ2) is 4.81. The zero-order valence-corrected chi connectivity index (χ0v) is 11.9. The number of hydrogen-bond donors (Lipinski definition) is 1. The van der Waals surface area contributed by atoms with Crippen LogP contribution in [0.5, 0.6) is 0 Å². The first-order chi connectivity index (χ1) is 10.3. The van der Waals surface area contributed by atoms with E-state index in [0.717, 1.165) is 33.7 Å². The Bertz CT molecular complexity index is 803. The molecule has 0 spiro atoms. The highest BCUT2D eigenvalue weighted by Crippen LogP contribution is 2.40. The molecule has 1 saturated carbocycles. The van der Waals surface area contributed by atoms with E-state index in [1.807, 2.05) is 31.6 Å². The highest BCUT2D eigenvalue weighted by Gasteiger charge is 2.26. The van der Waals surface area contributed by atoms with Crippen LogP contribution in [-0.4, -0.2) is 22.0 Å². The summed E-state index contributed by atoms with van der Waals surface area (Å²) in [4.78, 5) is 13.7. The largest absolute Gasteiger partial charge is 0.373 e. The zero-order valence-electron chi connectivity index (χ0n) is 11.9. The average molecular weight is 276 g/mol. The van der Waals surface area contributed by atoms with Crippen LogP contribution in [0.4, 0.5) is 5.82 Å². The van der Waals surface area contributed by atoms with E-state index in [-0.39, 0.29) is 0 Å². The second-order valence-corrected chi connectivity index (χ2v) is 5.43. The Balaban J connectivity index is 1.93. The SMILES string of the molecule is CNc1cc(C2CC2)nc(-c2cncc3ccccc23)n1. The Hall–Kier alpha value is -2.49. The lowest BCUT2D eigenvalue weighted by Crippen LogP contribution is -2.00. The number of nitrogens with one attached hydrogen (secondary N) is 1. The minimum Gasteiger partial charge on any atom is -0.373 e. The van der Waals surface area contributed by atoms with Crippen molar-refractivity contribution >= 4 is 16.6 Å². The molecule has 0 bridgehead atoms. The molecule has 1 aliphatic carbocycles. The lowest BCUT2D eigenvalue weighted by atomic mass is 10.1. The zero-order chi connectivity index (χ0) is 14.2. The van der Waals surface area contributed by atoms with E-state index in [1.165, 1.54) is 12.8 Å². The molecule has 1 fully saturated rings. The number of nitrogens with zero attached hydrogens (tertiary/aromatic N) is 3.